The van der Waals surface area contributed by atoms with E-state index in [1.165, 1.54) is 27.7 Å². The van der Waals surface area contributed by atoms with Gasteiger partial charge in [-0.05, 0) is 46.7 Å². The van der Waals surface area contributed by atoms with Crippen LogP contribution in [-0.4, -0.2) is 7.05 Å². The first-order valence-corrected chi connectivity index (χ1v) is 5.32. The molecule has 66 valence electrons. The van der Waals surface area contributed by atoms with Gasteiger partial charge in [0.15, 0.2) is 0 Å². The SMILES string of the molecule is CCCc1ccc(NC)c(I)c1. The predicted octanol–water partition coefficient (Wildman–Crippen LogP) is 3.29. The molecule has 0 spiro atoms. The van der Waals surface area contributed by atoms with Crippen molar-refractivity contribution in [1.82, 2.24) is 0 Å². The van der Waals surface area contributed by atoms with Crippen LogP contribution in [0.25, 0.3) is 0 Å². The molecule has 0 aliphatic carbocycles. The van der Waals surface area contributed by atoms with Gasteiger partial charge in [0, 0.05) is 16.3 Å². The zero-order valence-electron chi connectivity index (χ0n) is 7.52. The summed E-state index contributed by atoms with van der Waals surface area (Å²) in [6.07, 6.45) is 2.40. The summed E-state index contributed by atoms with van der Waals surface area (Å²) in [5.41, 5.74) is 2.65. The molecule has 0 atom stereocenters. The minimum absolute atomic E-state index is 1.18. The minimum Gasteiger partial charge on any atom is -0.387 e. The van der Waals surface area contributed by atoms with Gasteiger partial charge in [0.2, 0.25) is 0 Å². The van der Waals surface area contributed by atoms with E-state index >= 15 is 0 Å². The summed E-state index contributed by atoms with van der Waals surface area (Å²) in [6.45, 7) is 2.21. The van der Waals surface area contributed by atoms with E-state index in [0.29, 0.717) is 0 Å². The number of hydrogen-bond donors (Lipinski definition) is 1. The quantitative estimate of drug-likeness (QED) is 0.835. The molecule has 1 rings (SSSR count). The van der Waals surface area contributed by atoms with Crippen LogP contribution in [0.3, 0.4) is 0 Å². The van der Waals surface area contributed by atoms with E-state index in [9.17, 15) is 0 Å². The first kappa shape index (κ1) is 9.84. The zero-order chi connectivity index (χ0) is 8.97. The standard InChI is InChI=1S/C10H14IN/c1-3-4-8-5-6-10(12-2)9(11)7-8/h5-7,12H,3-4H2,1-2H3. The molecule has 1 N–H and O–H groups in total. The van der Waals surface area contributed by atoms with Crippen molar-refractivity contribution in [2.75, 3.05) is 12.4 Å². The lowest BCUT2D eigenvalue weighted by Gasteiger charge is -2.05. The average molecular weight is 275 g/mol. The lowest BCUT2D eigenvalue weighted by molar-refractivity contribution is 0.921. The summed E-state index contributed by atoms with van der Waals surface area (Å²) in [5.74, 6) is 0. The highest BCUT2D eigenvalue weighted by Gasteiger charge is 1.97. The molecule has 1 aromatic rings. The number of halogens is 1. The van der Waals surface area contributed by atoms with Gasteiger partial charge in [0.05, 0.1) is 0 Å². The van der Waals surface area contributed by atoms with Gasteiger partial charge in [-0.15, -0.1) is 0 Å². The number of rotatable bonds is 3. The van der Waals surface area contributed by atoms with E-state index < -0.39 is 0 Å². The molecule has 1 nitrogen and oxygen atoms in total. The summed E-state index contributed by atoms with van der Waals surface area (Å²) < 4.78 is 1.31. The third-order valence-electron chi connectivity index (χ3n) is 1.84. The highest BCUT2D eigenvalue weighted by atomic mass is 127. The van der Waals surface area contributed by atoms with Gasteiger partial charge in [-0.2, -0.15) is 0 Å². The summed E-state index contributed by atoms with van der Waals surface area (Å²) in [6, 6.07) is 6.58. The molecule has 0 bridgehead atoms. The Morgan fingerprint density at radius 3 is 2.67 bits per heavy atom. The van der Waals surface area contributed by atoms with Gasteiger partial charge in [-0.1, -0.05) is 19.4 Å². The van der Waals surface area contributed by atoms with Crippen LogP contribution in [0.4, 0.5) is 5.69 Å². The molecular weight excluding hydrogens is 261 g/mol. The molecule has 1 aromatic carbocycles. The average Bonchev–Trinajstić information content (AvgIpc) is 2.05. The highest BCUT2D eigenvalue weighted by molar-refractivity contribution is 14.1. The molecule has 0 saturated heterocycles. The second kappa shape index (κ2) is 4.70. The van der Waals surface area contributed by atoms with E-state index in [1.54, 1.807) is 0 Å². The lowest BCUT2D eigenvalue weighted by atomic mass is 10.1. The minimum atomic E-state index is 1.18. The van der Waals surface area contributed by atoms with Crippen molar-refractivity contribution in [3.05, 3.63) is 27.3 Å². The third-order valence-corrected chi connectivity index (χ3v) is 2.73. The molecule has 12 heavy (non-hydrogen) atoms. The smallest absolute Gasteiger partial charge is 0.0473 e. The van der Waals surface area contributed by atoms with E-state index in [2.05, 4.69) is 53.0 Å². The first-order chi connectivity index (χ1) is 5.77. The number of hydrogen-bond acceptors (Lipinski definition) is 1. The Morgan fingerprint density at radius 2 is 2.17 bits per heavy atom. The van der Waals surface area contributed by atoms with Crippen molar-refractivity contribution < 1.29 is 0 Å². The summed E-state index contributed by atoms with van der Waals surface area (Å²) >= 11 is 2.36. The first-order valence-electron chi connectivity index (χ1n) is 4.24. The largest absolute Gasteiger partial charge is 0.387 e. The van der Waals surface area contributed by atoms with Crippen molar-refractivity contribution in [2.45, 2.75) is 19.8 Å². The fourth-order valence-electron chi connectivity index (χ4n) is 1.21. The monoisotopic (exact) mass is 275 g/mol. The molecule has 0 heterocycles. The molecule has 0 fully saturated rings. The van der Waals surface area contributed by atoms with Crippen LogP contribution in [-0.2, 0) is 6.42 Å². The third kappa shape index (κ3) is 2.37. The highest BCUT2D eigenvalue weighted by Crippen LogP contribution is 2.19. The fourth-order valence-corrected chi connectivity index (χ4v) is 2.06. The molecular formula is C10H14IN. The van der Waals surface area contributed by atoms with Crippen LogP contribution in [0.1, 0.15) is 18.9 Å². The van der Waals surface area contributed by atoms with E-state index in [1.807, 2.05) is 7.05 Å². The normalized spacial score (nSPS) is 9.92. The number of aryl methyl sites for hydroxylation is 1. The summed E-state index contributed by atoms with van der Waals surface area (Å²) in [5, 5.41) is 3.16. The van der Waals surface area contributed by atoms with Gasteiger partial charge in [-0.3, -0.25) is 0 Å². The van der Waals surface area contributed by atoms with Crippen molar-refractivity contribution in [3.63, 3.8) is 0 Å². The predicted molar refractivity (Wildman–Crippen MR) is 62.7 cm³/mol. The molecule has 0 radical (unpaired) electrons. The molecule has 0 aliphatic rings. The second-order valence-corrected chi connectivity index (χ2v) is 3.98. The van der Waals surface area contributed by atoms with Crippen molar-refractivity contribution in [3.8, 4) is 0 Å². The Kier molecular flexibility index (Phi) is 3.85. The van der Waals surface area contributed by atoms with E-state index in [0.717, 1.165) is 0 Å². The maximum absolute atomic E-state index is 3.16. The Balaban J connectivity index is 2.86. The Labute approximate surface area is 87.7 Å². The topological polar surface area (TPSA) is 12.0 Å². The van der Waals surface area contributed by atoms with Crippen molar-refractivity contribution >= 4 is 28.3 Å². The summed E-state index contributed by atoms with van der Waals surface area (Å²) in [7, 11) is 1.96. The maximum atomic E-state index is 3.16. The molecule has 0 saturated carbocycles. The van der Waals surface area contributed by atoms with E-state index in [-0.39, 0.29) is 0 Å². The zero-order valence-corrected chi connectivity index (χ0v) is 9.68. The Bertz CT molecular complexity index is 258. The van der Waals surface area contributed by atoms with Crippen LogP contribution in [0, 0.1) is 3.57 Å². The fraction of sp³-hybridized carbons (Fsp3) is 0.400. The molecule has 0 aromatic heterocycles. The molecule has 2 heteroatoms. The van der Waals surface area contributed by atoms with Crippen LogP contribution >= 0.6 is 22.6 Å². The van der Waals surface area contributed by atoms with Gasteiger partial charge in [-0.25, -0.2) is 0 Å². The Morgan fingerprint density at radius 1 is 1.42 bits per heavy atom. The van der Waals surface area contributed by atoms with Crippen molar-refractivity contribution in [2.24, 2.45) is 0 Å². The number of anilines is 1. The maximum Gasteiger partial charge on any atom is 0.0473 e. The Hall–Kier alpha value is -0.250. The molecule has 0 aliphatic heterocycles. The number of benzene rings is 1. The van der Waals surface area contributed by atoms with Gasteiger partial charge < -0.3 is 5.32 Å². The summed E-state index contributed by atoms with van der Waals surface area (Å²) in [4.78, 5) is 0. The van der Waals surface area contributed by atoms with Gasteiger partial charge >= 0.3 is 0 Å². The van der Waals surface area contributed by atoms with Crippen molar-refractivity contribution in [1.29, 1.82) is 0 Å². The lowest BCUT2D eigenvalue weighted by Crippen LogP contribution is -1.92. The van der Waals surface area contributed by atoms with Gasteiger partial charge in [0.1, 0.15) is 0 Å². The van der Waals surface area contributed by atoms with E-state index in [4.69, 9.17) is 0 Å². The number of nitrogens with one attached hydrogen (secondary N) is 1. The molecule has 0 amide bonds. The second-order valence-electron chi connectivity index (χ2n) is 2.81. The van der Waals surface area contributed by atoms with Gasteiger partial charge in [0.25, 0.3) is 0 Å². The van der Waals surface area contributed by atoms with Crippen LogP contribution in [0.2, 0.25) is 0 Å². The van der Waals surface area contributed by atoms with Crippen LogP contribution in [0.15, 0.2) is 18.2 Å². The van der Waals surface area contributed by atoms with Crippen LogP contribution < -0.4 is 5.32 Å². The van der Waals surface area contributed by atoms with Crippen LogP contribution in [0.5, 0.6) is 0 Å². The molecule has 0 unspecified atom stereocenters.